The fourth-order valence-corrected chi connectivity index (χ4v) is 2.53. The SMILES string of the molecule is CC(C)(NC(=O)C1CCCc2ccccc21)C(N)=S. The summed E-state index contributed by atoms with van der Waals surface area (Å²) in [5.41, 5.74) is 7.44. The molecule has 1 aromatic rings. The van der Waals surface area contributed by atoms with Crippen LogP contribution in [0.3, 0.4) is 0 Å². The Bertz CT molecular complexity index is 511. The van der Waals surface area contributed by atoms with Crippen molar-refractivity contribution in [3.8, 4) is 0 Å². The first kappa shape index (κ1) is 14.0. The molecule has 0 aromatic heterocycles. The van der Waals surface area contributed by atoms with Crippen LogP contribution in [0.1, 0.15) is 43.7 Å². The van der Waals surface area contributed by atoms with Gasteiger partial charge in [0.1, 0.15) is 0 Å². The Labute approximate surface area is 119 Å². The minimum absolute atomic E-state index is 0.0185. The van der Waals surface area contributed by atoms with Crippen LogP contribution < -0.4 is 11.1 Å². The first-order valence-corrected chi connectivity index (χ1v) is 7.02. The third-order valence-corrected chi connectivity index (χ3v) is 4.25. The van der Waals surface area contributed by atoms with E-state index in [1.54, 1.807) is 0 Å². The van der Waals surface area contributed by atoms with E-state index in [1.165, 1.54) is 5.56 Å². The quantitative estimate of drug-likeness (QED) is 0.833. The van der Waals surface area contributed by atoms with Crippen LogP contribution in [0.4, 0.5) is 0 Å². The number of benzene rings is 1. The molecule has 2 rings (SSSR count). The second-order valence-corrected chi connectivity index (χ2v) is 6.06. The largest absolute Gasteiger partial charge is 0.391 e. The molecule has 0 saturated heterocycles. The molecule has 0 spiro atoms. The molecule has 1 atom stereocenters. The number of hydrogen-bond acceptors (Lipinski definition) is 2. The molecule has 1 aliphatic rings. The van der Waals surface area contributed by atoms with Crippen molar-refractivity contribution in [3.63, 3.8) is 0 Å². The normalized spacial score (nSPS) is 18.5. The standard InChI is InChI=1S/C15H20N2OS/c1-15(2,14(16)19)17-13(18)12-9-5-7-10-6-3-4-8-11(10)12/h3-4,6,8,12H,5,7,9H2,1-2H3,(H2,16,19)(H,17,18). The highest BCUT2D eigenvalue weighted by Gasteiger charge is 2.31. The van der Waals surface area contributed by atoms with Gasteiger partial charge >= 0.3 is 0 Å². The third kappa shape index (κ3) is 2.95. The van der Waals surface area contributed by atoms with E-state index in [9.17, 15) is 4.79 Å². The van der Waals surface area contributed by atoms with E-state index in [0.29, 0.717) is 4.99 Å². The third-order valence-electron chi connectivity index (χ3n) is 3.74. The Morgan fingerprint density at radius 2 is 2.11 bits per heavy atom. The van der Waals surface area contributed by atoms with Crippen molar-refractivity contribution in [2.45, 2.75) is 44.6 Å². The van der Waals surface area contributed by atoms with Crippen LogP contribution in [-0.4, -0.2) is 16.4 Å². The fraction of sp³-hybridized carbons (Fsp3) is 0.467. The lowest BCUT2D eigenvalue weighted by Crippen LogP contribution is -2.53. The molecule has 4 heteroatoms. The molecule has 19 heavy (non-hydrogen) atoms. The predicted octanol–water partition coefficient (Wildman–Crippen LogP) is 2.29. The van der Waals surface area contributed by atoms with Crippen molar-refractivity contribution >= 4 is 23.1 Å². The van der Waals surface area contributed by atoms with Crippen LogP contribution in [0.5, 0.6) is 0 Å². The molecule has 3 N–H and O–H groups in total. The smallest absolute Gasteiger partial charge is 0.228 e. The Hall–Kier alpha value is -1.42. The summed E-state index contributed by atoms with van der Waals surface area (Å²) in [6.45, 7) is 3.67. The summed E-state index contributed by atoms with van der Waals surface area (Å²) in [4.78, 5) is 12.8. The second kappa shape index (κ2) is 5.29. The molecule has 3 nitrogen and oxygen atoms in total. The maximum absolute atomic E-state index is 12.5. The minimum atomic E-state index is -0.640. The summed E-state index contributed by atoms with van der Waals surface area (Å²) < 4.78 is 0. The Morgan fingerprint density at radius 3 is 2.79 bits per heavy atom. The number of carbonyl (C=O) groups excluding carboxylic acids is 1. The first-order chi connectivity index (χ1) is 8.92. The van der Waals surface area contributed by atoms with Gasteiger partial charge in [0.05, 0.1) is 16.4 Å². The van der Waals surface area contributed by atoms with Gasteiger partial charge in [-0.1, -0.05) is 36.5 Å². The molecule has 0 radical (unpaired) electrons. The summed E-state index contributed by atoms with van der Waals surface area (Å²) in [6, 6.07) is 8.17. The van der Waals surface area contributed by atoms with Gasteiger partial charge < -0.3 is 11.1 Å². The van der Waals surface area contributed by atoms with Gasteiger partial charge in [0.2, 0.25) is 5.91 Å². The monoisotopic (exact) mass is 276 g/mol. The number of hydrogen-bond donors (Lipinski definition) is 2. The second-order valence-electron chi connectivity index (χ2n) is 5.62. The van der Waals surface area contributed by atoms with Gasteiger partial charge in [-0.15, -0.1) is 0 Å². The van der Waals surface area contributed by atoms with Crippen LogP contribution in [0, 0.1) is 0 Å². The average molecular weight is 276 g/mol. The van der Waals surface area contributed by atoms with Gasteiger partial charge in [-0.2, -0.15) is 0 Å². The number of aryl methyl sites for hydroxylation is 1. The highest BCUT2D eigenvalue weighted by Crippen LogP contribution is 2.31. The van der Waals surface area contributed by atoms with Gasteiger partial charge in [0.15, 0.2) is 0 Å². The number of thiocarbonyl (C=S) groups is 1. The highest BCUT2D eigenvalue weighted by molar-refractivity contribution is 7.80. The molecule has 0 saturated carbocycles. The zero-order valence-electron chi connectivity index (χ0n) is 11.4. The molecule has 0 bridgehead atoms. The summed E-state index contributed by atoms with van der Waals surface area (Å²) >= 11 is 4.99. The summed E-state index contributed by atoms with van der Waals surface area (Å²) in [5.74, 6) is -0.0662. The molecular weight excluding hydrogens is 256 g/mol. The van der Waals surface area contributed by atoms with E-state index in [-0.39, 0.29) is 11.8 Å². The molecule has 1 aliphatic carbocycles. The van der Waals surface area contributed by atoms with E-state index in [4.69, 9.17) is 18.0 Å². The summed E-state index contributed by atoms with van der Waals surface area (Å²) in [5, 5.41) is 2.96. The van der Waals surface area contributed by atoms with Crippen molar-refractivity contribution in [1.82, 2.24) is 5.32 Å². The maximum atomic E-state index is 12.5. The fourth-order valence-electron chi connectivity index (χ4n) is 2.48. The number of amides is 1. The topological polar surface area (TPSA) is 55.1 Å². The number of carbonyl (C=O) groups is 1. The lowest BCUT2D eigenvalue weighted by Gasteiger charge is -2.30. The number of rotatable bonds is 3. The number of nitrogens with one attached hydrogen (secondary N) is 1. The van der Waals surface area contributed by atoms with Gasteiger partial charge in [-0.05, 0) is 44.2 Å². The maximum Gasteiger partial charge on any atom is 0.228 e. The van der Waals surface area contributed by atoms with Crippen molar-refractivity contribution in [3.05, 3.63) is 35.4 Å². The van der Waals surface area contributed by atoms with Gasteiger partial charge in [-0.3, -0.25) is 4.79 Å². The van der Waals surface area contributed by atoms with Crippen molar-refractivity contribution in [1.29, 1.82) is 0 Å². The van der Waals surface area contributed by atoms with Crippen LogP contribution >= 0.6 is 12.2 Å². The Morgan fingerprint density at radius 1 is 1.42 bits per heavy atom. The summed E-state index contributed by atoms with van der Waals surface area (Å²) in [7, 11) is 0. The van der Waals surface area contributed by atoms with E-state index < -0.39 is 5.54 Å². The predicted molar refractivity (Wildman–Crippen MR) is 81.1 cm³/mol. The molecule has 1 amide bonds. The van der Waals surface area contributed by atoms with E-state index in [2.05, 4.69) is 11.4 Å². The van der Waals surface area contributed by atoms with Crippen molar-refractivity contribution in [2.24, 2.45) is 5.73 Å². The molecule has 0 fully saturated rings. The number of nitrogens with two attached hydrogens (primary N) is 1. The van der Waals surface area contributed by atoms with E-state index in [0.717, 1.165) is 24.8 Å². The van der Waals surface area contributed by atoms with Gasteiger partial charge in [0.25, 0.3) is 0 Å². The molecule has 0 aliphatic heterocycles. The molecule has 1 aromatic carbocycles. The van der Waals surface area contributed by atoms with E-state index >= 15 is 0 Å². The molecular formula is C15H20N2OS. The van der Waals surface area contributed by atoms with Crippen LogP contribution in [0.15, 0.2) is 24.3 Å². The Balaban J connectivity index is 2.20. The lowest BCUT2D eigenvalue weighted by atomic mass is 9.82. The van der Waals surface area contributed by atoms with Crippen molar-refractivity contribution < 1.29 is 4.79 Å². The van der Waals surface area contributed by atoms with Crippen LogP contribution in [-0.2, 0) is 11.2 Å². The zero-order valence-corrected chi connectivity index (χ0v) is 12.2. The zero-order chi connectivity index (χ0) is 14.0. The molecule has 0 heterocycles. The lowest BCUT2D eigenvalue weighted by molar-refractivity contribution is -0.123. The van der Waals surface area contributed by atoms with Crippen LogP contribution in [0.25, 0.3) is 0 Å². The van der Waals surface area contributed by atoms with Gasteiger partial charge in [0, 0.05) is 0 Å². The van der Waals surface area contributed by atoms with Crippen molar-refractivity contribution in [2.75, 3.05) is 0 Å². The molecule has 102 valence electrons. The Kier molecular flexibility index (Phi) is 3.90. The van der Waals surface area contributed by atoms with Crippen LogP contribution in [0.2, 0.25) is 0 Å². The average Bonchev–Trinajstić information content (AvgIpc) is 2.37. The number of fused-ring (bicyclic) bond motifs is 1. The highest BCUT2D eigenvalue weighted by atomic mass is 32.1. The first-order valence-electron chi connectivity index (χ1n) is 6.61. The minimum Gasteiger partial charge on any atom is -0.391 e. The summed E-state index contributed by atoms with van der Waals surface area (Å²) in [6.07, 6.45) is 2.98. The van der Waals surface area contributed by atoms with E-state index in [1.807, 2.05) is 32.0 Å². The van der Waals surface area contributed by atoms with Gasteiger partial charge in [-0.25, -0.2) is 0 Å². The molecule has 1 unspecified atom stereocenters.